The van der Waals surface area contributed by atoms with Crippen molar-refractivity contribution in [1.82, 2.24) is 10.2 Å². The van der Waals surface area contributed by atoms with Crippen molar-refractivity contribution in [3.05, 3.63) is 76.5 Å². The van der Waals surface area contributed by atoms with Gasteiger partial charge in [-0.1, -0.05) is 31.2 Å². The van der Waals surface area contributed by atoms with Crippen molar-refractivity contribution >= 4 is 34.9 Å². The summed E-state index contributed by atoms with van der Waals surface area (Å²) < 4.78 is 5.47. The van der Waals surface area contributed by atoms with Gasteiger partial charge in [0.1, 0.15) is 0 Å². The lowest BCUT2D eigenvalue weighted by Crippen LogP contribution is -2.46. The van der Waals surface area contributed by atoms with Crippen LogP contribution >= 0.6 is 12.2 Å². The van der Waals surface area contributed by atoms with Crippen LogP contribution in [0.15, 0.2) is 59.8 Å². The minimum atomic E-state index is -0.434. The summed E-state index contributed by atoms with van der Waals surface area (Å²) in [4.78, 5) is 27.1. The van der Waals surface area contributed by atoms with Gasteiger partial charge < -0.3 is 20.3 Å². The van der Waals surface area contributed by atoms with Crippen molar-refractivity contribution in [1.29, 1.82) is 0 Å². The van der Waals surface area contributed by atoms with E-state index in [2.05, 4.69) is 17.6 Å². The van der Waals surface area contributed by atoms with Crippen LogP contribution in [0, 0.1) is 0 Å². The standard InChI is InChI=1S/C25H29N3O3S/c1-6-17-7-9-19(10-8-17)23(29)26-20-13-11-18(12-14-20)22-21(24(30)31-15(2)3)16(4)28(5)25(32)27-22/h7-15,22H,6H2,1-5H3,(H,26,29)(H,27,32). The van der Waals surface area contributed by atoms with E-state index in [1.54, 1.807) is 4.90 Å². The van der Waals surface area contributed by atoms with E-state index in [4.69, 9.17) is 17.0 Å². The first kappa shape index (κ1) is 23.5. The van der Waals surface area contributed by atoms with E-state index in [9.17, 15) is 9.59 Å². The van der Waals surface area contributed by atoms with Gasteiger partial charge in [-0.05, 0) is 74.8 Å². The van der Waals surface area contributed by atoms with Crippen LogP contribution in [-0.4, -0.2) is 35.0 Å². The molecule has 3 rings (SSSR count). The van der Waals surface area contributed by atoms with Crippen molar-refractivity contribution < 1.29 is 14.3 Å². The zero-order valence-corrected chi connectivity index (χ0v) is 19.9. The Labute approximate surface area is 194 Å². The minimum Gasteiger partial charge on any atom is -0.459 e. The van der Waals surface area contributed by atoms with Crippen LogP contribution in [0.2, 0.25) is 0 Å². The topological polar surface area (TPSA) is 70.7 Å². The van der Waals surface area contributed by atoms with Crippen molar-refractivity contribution in [2.45, 2.75) is 46.3 Å². The summed E-state index contributed by atoms with van der Waals surface area (Å²) in [7, 11) is 1.81. The van der Waals surface area contributed by atoms with Gasteiger partial charge in [-0.25, -0.2) is 4.79 Å². The first-order valence-corrected chi connectivity index (χ1v) is 11.1. The van der Waals surface area contributed by atoms with E-state index in [0.29, 0.717) is 21.9 Å². The Hall–Kier alpha value is -3.19. The fraction of sp³-hybridized carbons (Fsp3) is 0.320. The lowest BCUT2D eigenvalue weighted by Gasteiger charge is -2.35. The quantitative estimate of drug-likeness (QED) is 0.495. The van der Waals surface area contributed by atoms with Gasteiger partial charge in [-0.3, -0.25) is 4.79 Å². The third kappa shape index (κ3) is 5.16. The molecule has 6 nitrogen and oxygen atoms in total. The number of rotatable bonds is 6. The number of amides is 1. The summed E-state index contributed by atoms with van der Waals surface area (Å²) in [6, 6.07) is 14.5. The van der Waals surface area contributed by atoms with Crippen LogP contribution in [-0.2, 0) is 16.0 Å². The Bertz CT molecular complexity index is 1040. The number of carbonyl (C=O) groups excluding carboxylic acids is 2. The van der Waals surface area contributed by atoms with Gasteiger partial charge in [0.05, 0.1) is 17.7 Å². The number of hydrogen-bond acceptors (Lipinski definition) is 4. The Kier molecular flexibility index (Phi) is 7.30. The average Bonchev–Trinajstić information content (AvgIpc) is 2.77. The van der Waals surface area contributed by atoms with Crippen LogP contribution in [0.4, 0.5) is 5.69 Å². The van der Waals surface area contributed by atoms with Crippen LogP contribution in [0.25, 0.3) is 0 Å². The number of ether oxygens (including phenoxy) is 1. The first-order valence-electron chi connectivity index (χ1n) is 10.7. The number of carbonyl (C=O) groups is 2. The Morgan fingerprint density at radius 1 is 1.12 bits per heavy atom. The molecule has 168 valence electrons. The molecule has 7 heteroatoms. The second-order valence-electron chi connectivity index (χ2n) is 8.02. The number of esters is 1. The van der Waals surface area contributed by atoms with E-state index >= 15 is 0 Å². The summed E-state index contributed by atoms with van der Waals surface area (Å²) in [5.41, 5.74) is 4.57. The summed E-state index contributed by atoms with van der Waals surface area (Å²) >= 11 is 5.44. The Morgan fingerprint density at radius 2 is 1.75 bits per heavy atom. The zero-order valence-electron chi connectivity index (χ0n) is 19.1. The largest absolute Gasteiger partial charge is 0.459 e. The van der Waals surface area contributed by atoms with Crippen LogP contribution in [0.3, 0.4) is 0 Å². The molecule has 0 aromatic heterocycles. The highest BCUT2D eigenvalue weighted by molar-refractivity contribution is 7.80. The summed E-state index contributed by atoms with van der Waals surface area (Å²) in [6.45, 7) is 7.57. The highest BCUT2D eigenvalue weighted by Crippen LogP contribution is 2.31. The summed E-state index contributed by atoms with van der Waals surface area (Å²) in [6.07, 6.45) is 0.699. The molecule has 32 heavy (non-hydrogen) atoms. The lowest BCUT2D eigenvalue weighted by atomic mass is 9.95. The molecular weight excluding hydrogens is 422 g/mol. The lowest BCUT2D eigenvalue weighted by molar-refractivity contribution is -0.143. The van der Waals surface area contributed by atoms with Crippen molar-refractivity contribution in [3.8, 4) is 0 Å². The fourth-order valence-corrected chi connectivity index (χ4v) is 3.74. The first-order chi connectivity index (χ1) is 15.2. The number of hydrogen-bond donors (Lipinski definition) is 2. The molecule has 0 bridgehead atoms. The van der Waals surface area contributed by atoms with Crippen molar-refractivity contribution in [2.75, 3.05) is 12.4 Å². The number of nitrogens with zero attached hydrogens (tertiary/aromatic N) is 1. The molecule has 0 saturated carbocycles. The van der Waals surface area contributed by atoms with Gasteiger partial charge in [0.2, 0.25) is 0 Å². The minimum absolute atomic E-state index is 0.170. The van der Waals surface area contributed by atoms with Gasteiger partial charge >= 0.3 is 5.97 Å². The maximum Gasteiger partial charge on any atom is 0.338 e. The molecular formula is C25H29N3O3S. The molecule has 0 saturated heterocycles. The molecule has 0 aliphatic carbocycles. The van der Waals surface area contributed by atoms with Gasteiger partial charge in [0, 0.05) is 24.0 Å². The third-order valence-electron chi connectivity index (χ3n) is 5.44. The Morgan fingerprint density at radius 3 is 2.31 bits per heavy atom. The van der Waals surface area contributed by atoms with Crippen LogP contribution in [0.1, 0.15) is 55.2 Å². The van der Waals surface area contributed by atoms with Gasteiger partial charge in [0.25, 0.3) is 5.91 Å². The molecule has 1 unspecified atom stereocenters. The normalized spacial score (nSPS) is 16.1. The van der Waals surface area contributed by atoms with Crippen molar-refractivity contribution in [3.63, 3.8) is 0 Å². The molecule has 0 radical (unpaired) electrons. The fourth-order valence-electron chi connectivity index (χ4n) is 3.48. The van der Waals surface area contributed by atoms with Crippen LogP contribution in [0.5, 0.6) is 0 Å². The Balaban J connectivity index is 1.81. The van der Waals surface area contributed by atoms with Gasteiger partial charge in [-0.2, -0.15) is 0 Å². The average molecular weight is 452 g/mol. The van der Waals surface area contributed by atoms with E-state index < -0.39 is 6.04 Å². The number of thiocarbonyl (C=S) groups is 1. The van der Waals surface area contributed by atoms with Crippen LogP contribution < -0.4 is 10.6 Å². The summed E-state index contributed by atoms with van der Waals surface area (Å²) in [5.74, 6) is -0.548. The second-order valence-corrected chi connectivity index (χ2v) is 8.41. The number of aryl methyl sites for hydroxylation is 1. The second kappa shape index (κ2) is 9.96. The summed E-state index contributed by atoms with van der Waals surface area (Å²) in [5, 5.41) is 6.67. The molecule has 0 spiro atoms. The molecule has 2 aromatic rings. The highest BCUT2D eigenvalue weighted by Gasteiger charge is 2.33. The predicted octanol–water partition coefficient (Wildman–Crippen LogP) is 4.59. The van der Waals surface area contributed by atoms with E-state index in [1.807, 2.05) is 76.3 Å². The molecule has 1 aliphatic rings. The molecule has 1 amide bonds. The molecule has 1 heterocycles. The molecule has 1 aliphatic heterocycles. The molecule has 1 atom stereocenters. The van der Waals surface area contributed by atoms with E-state index in [1.165, 1.54) is 5.56 Å². The maximum absolute atomic E-state index is 12.8. The van der Waals surface area contributed by atoms with E-state index in [-0.39, 0.29) is 18.0 Å². The SMILES string of the molecule is CCc1ccc(C(=O)Nc2ccc(C3NC(=S)N(C)C(C)=C3C(=O)OC(C)C)cc2)cc1. The van der Waals surface area contributed by atoms with Gasteiger partial charge in [0.15, 0.2) is 5.11 Å². The zero-order chi connectivity index (χ0) is 23.4. The van der Waals surface area contributed by atoms with Gasteiger partial charge in [-0.15, -0.1) is 0 Å². The van der Waals surface area contributed by atoms with E-state index in [0.717, 1.165) is 17.7 Å². The number of allylic oxidation sites excluding steroid dienone is 1. The third-order valence-corrected chi connectivity index (χ3v) is 5.83. The monoisotopic (exact) mass is 451 g/mol. The molecule has 2 aromatic carbocycles. The molecule has 2 N–H and O–H groups in total. The maximum atomic E-state index is 12.8. The predicted molar refractivity (Wildman–Crippen MR) is 130 cm³/mol. The number of nitrogens with one attached hydrogen (secondary N) is 2. The highest BCUT2D eigenvalue weighted by atomic mass is 32.1. The number of anilines is 1. The number of benzene rings is 2. The van der Waals surface area contributed by atoms with Crippen molar-refractivity contribution in [2.24, 2.45) is 0 Å². The molecule has 0 fully saturated rings. The smallest absolute Gasteiger partial charge is 0.338 e.